The predicted molar refractivity (Wildman–Crippen MR) is 63.7 cm³/mol. The van der Waals surface area contributed by atoms with Crippen LogP contribution in [0.15, 0.2) is 12.7 Å². The van der Waals surface area contributed by atoms with Crippen LogP contribution in [0, 0.1) is 0 Å². The number of carboxylic acids is 1. The average molecular weight is 272 g/mol. The number of aliphatic carboxylic acids is 1. The first-order valence-electron chi connectivity index (χ1n) is 5.68. The summed E-state index contributed by atoms with van der Waals surface area (Å²) in [5.41, 5.74) is 0. The van der Waals surface area contributed by atoms with Crippen LogP contribution in [0.25, 0.3) is 0 Å². The molecule has 8 heteroatoms. The molecule has 2 unspecified atom stereocenters. The van der Waals surface area contributed by atoms with E-state index in [9.17, 15) is 14.4 Å². The van der Waals surface area contributed by atoms with E-state index >= 15 is 0 Å². The second-order valence-electron chi connectivity index (χ2n) is 4.07. The Morgan fingerprint density at radius 1 is 1.42 bits per heavy atom. The van der Waals surface area contributed by atoms with Crippen LogP contribution in [0.2, 0.25) is 0 Å². The molecule has 0 aliphatic carbocycles. The molecule has 3 N–H and O–H groups in total. The number of hydrogen-bond donors (Lipinski definition) is 3. The fraction of sp³-hybridized carbons (Fsp3) is 0.545. The number of carboxylic acid groups (broad SMARTS) is 2. The van der Waals surface area contributed by atoms with Crippen molar-refractivity contribution in [3.8, 4) is 0 Å². The van der Waals surface area contributed by atoms with Crippen molar-refractivity contribution in [2.45, 2.75) is 18.5 Å². The van der Waals surface area contributed by atoms with Gasteiger partial charge in [-0.3, -0.25) is 9.69 Å². The summed E-state index contributed by atoms with van der Waals surface area (Å²) in [5, 5.41) is 20.6. The number of nitrogens with one attached hydrogen (secondary N) is 1. The molecular weight excluding hydrogens is 256 g/mol. The summed E-state index contributed by atoms with van der Waals surface area (Å²) >= 11 is 0. The van der Waals surface area contributed by atoms with Crippen LogP contribution >= 0.6 is 0 Å². The zero-order valence-corrected chi connectivity index (χ0v) is 10.2. The zero-order chi connectivity index (χ0) is 14.4. The van der Waals surface area contributed by atoms with Gasteiger partial charge >= 0.3 is 18.0 Å². The van der Waals surface area contributed by atoms with Gasteiger partial charge in [0.05, 0.1) is 6.54 Å². The maximum Gasteiger partial charge on any atom is 0.408 e. The maximum atomic E-state index is 11.2. The number of carbonyl (C=O) groups excluding carboxylic acids is 1. The van der Waals surface area contributed by atoms with Gasteiger partial charge in [0.15, 0.2) is 0 Å². The van der Waals surface area contributed by atoms with E-state index in [-0.39, 0.29) is 32.2 Å². The van der Waals surface area contributed by atoms with E-state index in [4.69, 9.17) is 14.9 Å². The first-order chi connectivity index (χ1) is 8.95. The zero-order valence-electron chi connectivity index (χ0n) is 10.2. The van der Waals surface area contributed by atoms with Crippen LogP contribution in [0.3, 0.4) is 0 Å². The molecular formula is C11H16N2O6. The molecule has 0 aromatic heterocycles. The second kappa shape index (κ2) is 6.74. The fourth-order valence-corrected chi connectivity index (χ4v) is 1.86. The third kappa shape index (κ3) is 4.25. The fourth-order valence-electron chi connectivity index (χ4n) is 1.86. The predicted octanol–water partition coefficient (Wildman–Crippen LogP) is -0.489. The highest BCUT2D eigenvalue weighted by Gasteiger charge is 2.39. The first kappa shape index (κ1) is 15.0. The molecule has 0 aromatic rings. The Labute approximate surface area is 109 Å². The highest BCUT2D eigenvalue weighted by Crippen LogP contribution is 2.18. The quantitative estimate of drug-likeness (QED) is 0.441. The number of likely N-dealkylation sites (tertiary alicyclic amines) is 1. The lowest BCUT2D eigenvalue weighted by molar-refractivity contribution is -0.142. The van der Waals surface area contributed by atoms with Crippen LogP contribution in [-0.4, -0.2) is 64.9 Å². The normalized spacial score (nSPS) is 22.0. The topological polar surface area (TPSA) is 116 Å². The average Bonchev–Trinajstić information content (AvgIpc) is 2.78. The number of amides is 1. The van der Waals surface area contributed by atoms with Crippen LogP contribution < -0.4 is 5.32 Å². The van der Waals surface area contributed by atoms with Gasteiger partial charge in [0.25, 0.3) is 0 Å². The summed E-state index contributed by atoms with van der Waals surface area (Å²) in [6.07, 6.45) is 0.266. The Morgan fingerprint density at radius 3 is 2.58 bits per heavy atom. The Morgan fingerprint density at radius 2 is 2.11 bits per heavy atom. The van der Waals surface area contributed by atoms with Crippen molar-refractivity contribution in [2.75, 3.05) is 19.7 Å². The molecule has 0 aromatic carbocycles. The molecule has 0 bridgehead atoms. The number of hydrogen-bond acceptors (Lipinski definition) is 5. The summed E-state index contributed by atoms with van der Waals surface area (Å²) in [6.45, 7) is 3.43. The molecule has 1 heterocycles. The molecule has 0 radical (unpaired) electrons. The smallest absolute Gasteiger partial charge is 0.408 e. The van der Waals surface area contributed by atoms with Crippen molar-refractivity contribution in [3.63, 3.8) is 0 Å². The van der Waals surface area contributed by atoms with E-state index in [0.717, 1.165) is 4.90 Å². The van der Waals surface area contributed by atoms with E-state index < -0.39 is 24.1 Å². The summed E-state index contributed by atoms with van der Waals surface area (Å²) < 4.78 is 4.73. The molecule has 0 saturated carbocycles. The molecule has 2 atom stereocenters. The molecule has 1 aliphatic rings. The Bertz CT molecular complexity index is 361. The highest BCUT2D eigenvalue weighted by molar-refractivity contribution is 5.80. The van der Waals surface area contributed by atoms with Gasteiger partial charge in [0.2, 0.25) is 0 Å². The SMILES string of the molecule is C=CCOC(=O)CNC1CC(C(=O)O)N(C(=O)O)C1. The maximum absolute atomic E-state index is 11.2. The van der Waals surface area contributed by atoms with Gasteiger partial charge in [0.1, 0.15) is 12.6 Å². The van der Waals surface area contributed by atoms with Crippen molar-refractivity contribution in [1.82, 2.24) is 10.2 Å². The summed E-state index contributed by atoms with van der Waals surface area (Å²) in [7, 11) is 0. The van der Waals surface area contributed by atoms with E-state index in [1.165, 1.54) is 6.08 Å². The van der Waals surface area contributed by atoms with Gasteiger partial charge < -0.3 is 20.3 Å². The molecule has 19 heavy (non-hydrogen) atoms. The minimum Gasteiger partial charge on any atom is -0.480 e. The number of esters is 1. The Hall–Kier alpha value is -2.09. The lowest BCUT2D eigenvalue weighted by Crippen LogP contribution is -2.40. The molecule has 1 fully saturated rings. The van der Waals surface area contributed by atoms with Crippen molar-refractivity contribution in [3.05, 3.63) is 12.7 Å². The molecule has 1 amide bonds. The van der Waals surface area contributed by atoms with Crippen molar-refractivity contribution < 1.29 is 29.3 Å². The van der Waals surface area contributed by atoms with Gasteiger partial charge in [-0.05, 0) is 6.42 Å². The number of nitrogens with zero attached hydrogens (tertiary/aromatic N) is 1. The van der Waals surface area contributed by atoms with Crippen molar-refractivity contribution in [2.24, 2.45) is 0 Å². The standard InChI is InChI=1S/C11H16N2O6/c1-2-3-19-9(14)5-12-7-4-8(10(15)16)13(6-7)11(17)18/h2,7-8,12H,1,3-6H2,(H,15,16)(H,17,18). The van der Waals surface area contributed by atoms with Crippen molar-refractivity contribution >= 4 is 18.0 Å². The first-order valence-corrected chi connectivity index (χ1v) is 5.68. The minimum absolute atomic E-state index is 0.0288. The highest BCUT2D eigenvalue weighted by atomic mass is 16.5. The van der Waals surface area contributed by atoms with Crippen LogP contribution in [0.5, 0.6) is 0 Å². The van der Waals surface area contributed by atoms with Gasteiger partial charge in [-0.25, -0.2) is 9.59 Å². The van der Waals surface area contributed by atoms with Gasteiger partial charge in [-0.2, -0.15) is 0 Å². The monoisotopic (exact) mass is 272 g/mol. The van der Waals surface area contributed by atoms with Crippen molar-refractivity contribution in [1.29, 1.82) is 0 Å². The molecule has 0 spiro atoms. The third-order valence-electron chi connectivity index (χ3n) is 2.73. The van der Waals surface area contributed by atoms with E-state index in [2.05, 4.69) is 11.9 Å². The summed E-state index contributed by atoms with van der Waals surface area (Å²) in [5.74, 6) is -1.69. The molecule has 106 valence electrons. The molecule has 8 nitrogen and oxygen atoms in total. The minimum atomic E-state index is -1.29. The Balaban J connectivity index is 2.45. The van der Waals surface area contributed by atoms with E-state index in [1.54, 1.807) is 0 Å². The molecule has 1 aliphatic heterocycles. The number of carbonyl (C=O) groups is 3. The number of rotatable bonds is 6. The molecule has 1 rings (SSSR count). The van der Waals surface area contributed by atoms with Crippen LogP contribution in [0.4, 0.5) is 4.79 Å². The van der Waals surface area contributed by atoms with Crippen LogP contribution in [-0.2, 0) is 14.3 Å². The van der Waals surface area contributed by atoms with E-state index in [1.807, 2.05) is 0 Å². The largest absolute Gasteiger partial charge is 0.480 e. The van der Waals surface area contributed by atoms with Gasteiger partial charge in [-0.15, -0.1) is 0 Å². The van der Waals surface area contributed by atoms with Gasteiger partial charge in [-0.1, -0.05) is 12.7 Å². The lowest BCUT2D eigenvalue weighted by Gasteiger charge is -2.16. The summed E-state index contributed by atoms with van der Waals surface area (Å²) in [6, 6.07) is -1.47. The van der Waals surface area contributed by atoms with E-state index in [0.29, 0.717) is 0 Å². The third-order valence-corrected chi connectivity index (χ3v) is 2.73. The summed E-state index contributed by atoms with van der Waals surface area (Å²) in [4.78, 5) is 33.8. The Kier molecular flexibility index (Phi) is 5.31. The number of ether oxygens (including phenoxy) is 1. The second-order valence-corrected chi connectivity index (χ2v) is 4.07. The van der Waals surface area contributed by atoms with Crippen LogP contribution in [0.1, 0.15) is 6.42 Å². The van der Waals surface area contributed by atoms with Gasteiger partial charge in [0, 0.05) is 12.6 Å². The lowest BCUT2D eigenvalue weighted by atomic mass is 10.2. The molecule has 1 saturated heterocycles.